The van der Waals surface area contributed by atoms with E-state index in [2.05, 4.69) is 4.99 Å². The minimum Gasteiger partial charge on any atom is -0.496 e. The van der Waals surface area contributed by atoms with Gasteiger partial charge in [-0.05, 0) is 0 Å². The van der Waals surface area contributed by atoms with Crippen LogP contribution in [0.1, 0.15) is 0 Å². The third kappa shape index (κ3) is 6.30. The fourth-order valence-corrected chi connectivity index (χ4v) is 2.08. The molecule has 0 amide bonds. The second-order valence-corrected chi connectivity index (χ2v) is 4.74. The van der Waals surface area contributed by atoms with Gasteiger partial charge in [0.25, 0.3) is 0 Å². The first-order chi connectivity index (χ1) is 10.7. The Labute approximate surface area is 153 Å². The van der Waals surface area contributed by atoms with E-state index in [0.29, 0.717) is 49.6 Å². The Hall–Kier alpha value is -1.42. The Morgan fingerprint density at radius 3 is 2.26 bits per heavy atom. The minimum atomic E-state index is 0. The number of methoxy groups -OCH3 is 2. The van der Waals surface area contributed by atoms with Crippen LogP contribution >= 0.6 is 24.0 Å². The maximum Gasteiger partial charge on any atom is 0.191 e. The molecule has 0 spiro atoms. The summed E-state index contributed by atoms with van der Waals surface area (Å²) in [5, 5.41) is 0. The highest BCUT2D eigenvalue weighted by Crippen LogP contribution is 2.27. The van der Waals surface area contributed by atoms with Crippen LogP contribution in [0.2, 0.25) is 0 Å². The summed E-state index contributed by atoms with van der Waals surface area (Å²) in [4.78, 5) is 6.34. The number of hydrogen-bond acceptors (Lipinski definition) is 5. The van der Waals surface area contributed by atoms with E-state index in [0.717, 1.165) is 13.1 Å². The van der Waals surface area contributed by atoms with E-state index in [1.165, 1.54) is 0 Å². The average Bonchev–Trinajstić information content (AvgIpc) is 2.58. The number of halogens is 1. The number of benzene rings is 1. The van der Waals surface area contributed by atoms with Crippen LogP contribution in [0.4, 0.5) is 0 Å². The first-order valence-electron chi connectivity index (χ1n) is 7.21. The molecule has 0 saturated carbocycles. The van der Waals surface area contributed by atoms with Crippen LogP contribution in [0.5, 0.6) is 17.2 Å². The van der Waals surface area contributed by atoms with Crippen LogP contribution in [-0.4, -0.2) is 64.5 Å². The highest BCUT2D eigenvalue weighted by Gasteiger charge is 2.11. The SMILES string of the molecule is COc1cc(OC)cc(OCCN=C(N)N2CCOCC2)c1.I. The summed E-state index contributed by atoms with van der Waals surface area (Å²) < 4.78 is 21.3. The molecule has 130 valence electrons. The summed E-state index contributed by atoms with van der Waals surface area (Å²) in [6.07, 6.45) is 0. The molecule has 1 fully saturated rings. The molecule has 1 saturated heterocycles. The molecule has 1 aromatic rings. The zero-order valence-corrected chi connectivity index (χ0v) is 15.8. The number of nitrogens with two attached hydrogens (primary N) is 1. The van der Waals surface area contributed by atoms with Gasteiger partial charge in [-0.15, -0.1) is 24.0 Å². The van der Waals surface area contributed by atoms with Gasteiger partial charge in [0.2, 0.25) is 0 Å². The fraction of sp³-hybridized carbons (Fsp3) is 0.533. The third-order valence-electron chi connectivity index (χ3n) is 3.29. The number of guanidine groups is 1. The molecule has 1 aliphatic rings. The molecule has 2 N–H and O–H groups in total. The molecule has 1 aromatic carbocycles. The summed E-state index contributed by atoms with van der Waals surface area (Å²) in [5.41, 5.74) is 5.94. The number of aliphatic imine (C=N–C) groups is 1. The molecular weight excluding hydrogens is 413 g/mol. The predicted octanol–water partition coefficient (Wildman–Crippen LogP) is 1.35. The molecule has 0 aliphatic carbocycles. The summed E-state index contributed by atoms with van der Waals surface area (Å²) in [5.74, 6) is 2.59. The Morgan fingerprint density at radius 1 is 1.13 bits per heavy atom. The molecule has 23 heavy (non-hydrogen) atoms. The second-order valence-electron chi connectivity index (χ2n) is 4.74. The topological polar surface area (TPSA) is 78.5 Å². The lowest BCUT2D eigenvalue weighted by Gasteiger charge is -2.27. The van der Waals surface area contributed by atoms with Gasteiger partial charge in [0.1, 0.15) is 23.9 Å². The van der Waals surface area contributed by atoms with Crippen molar-refractivity contribution >= 4 is 29.9 Å². The van der Waals surface area contributed by atoms with Crippen LogP contribution in [-0.2, 0) is 4.74 Å². The Balaban J connectivity index is 0.00000264. The van der Waals surface area contributed by atoms with Gasteiger partial charge in [-0.25, -0.2) is 4.99 Å². The molecule has 7 nitrogen and oxygen atoms in total. The van der Waals surface area contributed by atoms with E-state index in [1.807, 2.05) is 4.90 Å². The Kier molecular flexibility index (Phi) is 8.85. The minimum absolute atomic E-state index is 0. The van der Waals surface area contributed by atoms with E-state index in [9.17, 15) is 0 Å². The maximum atomic E-state index is 5.94. The molecule has 0 radical (unpaired) electrons. The van der Waals surface area contributed by atoms with Crippen LogP contribution in [0, 0.1) is 0 Å². The lowest BCUT2D eigenvalue weighted by molar-refractivity contribution is 0.0674. The molecule has 1 heterocycles. The second kappa shape index (κ2) is 10.4. The van der Waals surface area contributed by atoms with Gasteiger partial charge in [0.15, 0.2) is 5.96 Å². The predicted molar refractivity (Wildman–Crippen MR) is 99.3 cm³/mol. The largest absolute Gasteiger partial charge is 0.496 e. The molecule has 8 heteroatoms. The normalized spacial score (nSPS) is 14.9. The zero-order valence-electron chi connectivity index (χ0n) is 13.5. The summed E-state index contributed by atoms with van der Waals surface area (Å²) in [6, 6.07) is 5.40. The van der Waals surface area contributed by atoms with Crippen molar-refractivity contribution in [2.75, 3.05) is 53.7 Å². The monoisotopic (exact) mass is 437 g/mol. The number of rotatable bonds is 6. The highest BCUT2D eigenvalue weighted by atomic mass is 127. The van der Waals surface area contributed by atoms with Crippen LogP contribution in [0.15, 0.2) is 23.2 Å². The average molecular weight is 437 g/mol. The van der Waals surface area contributed by atoms with E-state index in [4.69, 9.17) is 24.7 Å². The van der Waals surface area contributed by atoms with Crippen molar-refractivity contribution in [2.45, 2.75) is 0 Å². The number of ether oxygens (including phenoxy) is 4. The van der Waals surface area contributed by atoms with Crippen molar-refractivity contribution in [3.05, 3.63) is 18.2 Å². The lowest BCUT2D eigenvalue weighted by Crippen LogP contribution is -2.45. The van der Waals surface area contributed by atoms with Crippen molar-refractivity contribution in [3.8, 4) is 17.2 Å². The molecule has 2 rings (SSSR count). The number of hydrogen-bond donors (Lipinski definition) is 1. The molecular formula is C15H24IN3O4. The molecule has 0 aromatic heterocycles. The molecule has 0 bridgehead atoms. The summed E-state index contributed by atoms with van der Waals surface area (Å²) in [7, 11) is 3.21. The zero-order chi connectivity index (χ0) is 15.8. The standard InChI is InChI=1S/C15H23N3O4.HI/c1-19-12-9-13(20-2)11-14(10-12)22-6-3-17-15(16)18-4-7-21-8-5-18;/h9-11H,3-8H2,1-2H3,(H2,16,17);1H. The van der Waals surface area contributed by atoms with Crippen molar-refractivity contribution < 1.29 is 18.9 Å². The molecule has 1 aliphatic heterocycles. The number of morpholine rings is 1. The third-order valence-corrected chi connectivity index (χ3v) is 3.29. The van der Waals surface area contributed by atoms with Gasteiger partial charge >= 0.3 is 0 Å². The lowest BCUT2D eigenvalue weighted by atomic mass is 10.3. The highest BCUT2D eigenvalue weighted by molar-refractivity contribution is 14.0. The van der Waals surface area contributed by atoms with Gasteiger partial charge in [-0.1, -0.05) is 0 Å². The first-order valence-corrected chi connectivity index (χ1v) is 7.21. The van der Waals surface area contributed by atoms with Gasteiger partial charge in [0, 0.05) is 31.3 Å². The van der Waals surface area contributed by atoms with E-state index in [-0.39, 0.29) is 24.0 Å². The van der Waals surface area contributed by atoms with Gasteiger partial charge in [-0.3, -0.25) is 0 Å². The van der Waals surface area contributed by atoms with Crippen LogP contribution in [0.3, 0.4) is 0 Å². The van der Waals surface area contributed by atoms with Gasteiger partial charge in [0.05, 0.1) is 34.0 Å². The molecule has 0 atom stereocenters. The Bertz CT molecular complexity index is 485. The smallest absolute Gasteiger partial charge is 0.191 e. The summed E-state index contributed by atoms with van der Waals surface area (Å²) in [6.45, 7) is 3.86. The van der Waals surface area contributed by atoms with Crippen molar-refractivity contribution in [1.82, 2.24) is 4.90 Å². The van der Waals surface area contributed by atoms with E-state index < -0.39 is 0 Å². The van der Waals surface area contributed by atoms with Crippen molar-refractivity contribution in [1.29, 1.82) is 0 Å². The summed E-state index contributed by atoms with van der Waals surface area (Å²) >= 11 is 0. The van der Waals surface area contributed by atoms with Crippen LogP contribution in [0.25, 0.3) is 0 Å². The van der Waals surface area contributed by atoms with Crippen molar-refractivity contribution in [3.63, 3.8) is 0 Å². The van der Waals surface area contributed by atoms with Gasteiger partial charge < -0.3 is 29.6 Å². The molecule has 0 unspecified atom stereocenters. The maximum absolute atomic E-state index is 5.94. The number of nitrogens with zero attached hydrogens (tertiary/aromatic N) is 2. The Morgan fingerprint density at radius 2 is 1.70 bits per heavy atom. The van der Waals surface area contributed by atoms with Gasteiger partial charge in [-0.2, -0.15) is 0 Å². The van der Waals surface area contributed by atoms with E-state index >= 15 is 0 Å². The van der Waals surface area contributed by atoms with E-state index in [1.54, 1.807) is 32.4 Å². The first kappa shape index (κ1) is 19.6. The fourth-order valence-electron chi connectivity index (χ4n) is 2.08. The quantitative estimate of drug-likeness (QED) is 0.313. The van der Waals surface area contributed by atoms with Crippen molar-refractivity contribution in [2.24, 2.45) is 10.7 Å². The van der Waals surface area contributed by atoms with Crippen LogP contribution < -0.4 is 19.9 Å².